The van der Waals surface area contributed by atoms with Crippen LogP contribution >= 0.6 is 27.3 Å². The molecule has 3 nitrogen and oxygen atoms in total. The minimum absolute atomic E-state index is 0.780. The molecule has 0 spiro atoms. The third-order valence-corrected chi connectivity index (χ3v) is 3.95. The van der Waals surface area contributed by atoms with Crippen LogP contribution in [0.5, 0.6) is 0 Å². The minimum atomic E-state index is 0.780. The Hall–Kier alpha value is -1.46. The second-order valence-corrected chi connectivity index (χ2v) is 5.73. The molecule has 0 radical (unpaired) electrons. The summed E-state index contributed by atoms with van der Waals surface area (Å²) in [4.78, 5) is 5.69. The van der Waals surface area contributed by atoms with Crippen molar-refractivity contribution < 1.29 is 0 Å². The number of halogens is 1. The predicted molar refractivity (Wildman–Crippen MR) is 77.5 cm³/mol. The topological polar surface area (TPSA) is 30.7 Å². The van der Waals surface area contributed by atoms with E-state index in [4.69, 9.17) is 0 Å². The molecular weight excluding hydrogens is 310 g/mol. The lowest BCUT2D eigenvalue weighted by Crippen LogP contribution is -1.94. The van der Waals surface area contributed by atoms with Gasteiger partial charge in [-0.2, -0.15) is 0 Å². The van der Waals surface area contributed by atoms with E-state index in [0.29, 0.717) is 0 Å². The first-order chi connectivity index (χ1) is 8.74. The van der Waals surface area contributed by atoms with Gasteiger partial charge in [-0.1, -0.05) is 34.1 Å². The van der Waals surface area contributed by atoms with E-state index in [-0.39, 0.29) is 0 Å². The molecule has 0 aliphatic carbocycles. The molecule has 0 unspecified atom stereocenters. The molecule has 0 saturated heterocycles. The summed E-state index contributed by atoms with van der Waals surface area (Å²) in [5, 5.41) is 6.49. The average Bonchev–Trinajstić information content (AvgIpc) is 2.97. The zero-order chi connectivity index (χ0) is 12.5. The lowest BCUT2D eigenvalue weighted by Gasteiger charge is -1.99. The van der Waals surface area contributed by atoms with E-state index in [1.165, 1.54) is 0 Å². The molecule has 2 aromatic heterocycles. The lowest BCUT2D eigenvalue weighted by atomic mass is 10.2. The molecule has 3 aromatic rings. The molecule has 0 fully saturated rings. The van der Waals surface area contributed by atoms with Crippen molar-refractivity contribution in [2.24, 2.45) is 7.05 Å². The highest BCUT2D eigenvalue weighted by Crippen LogP contribution is 2.26. The summed E-state index contributed by atoms with van der Waals surface area (Å²) in [6.45, 7) is 0. The van der Waals surface area contributed by atoms with Crippen molar-refractivity contribution in [3.8, 4) is 22.1 Å². The second-order valence-electron chi connectivity index (χ2n) is 3.87. The average molecular weight is 320 g/mol. The third kappa shape index (κ3) is 2.11. The van der Waals surface area contributed by atoms with Gasteiger partial charge in [-0.15, -0.1) is 16.4 Å². The van der Waals surface area contributed by atoms with Crippen molar-refractivity contribution in [3.05, 3.63) is 46.3 Å². The molecule has 1 aromatic carbocycles. The third-order valence-electron chi connectivity index (χ3n) is 2.59. The SMILES string of the molecule is Cn1nc(-c2cccs2)nc1-c1cccc(Br)c1. The maximum absolute atomic E-state index is 4.61. The fraction of sp³-hybridized carbons (Fsp3) is 0.0769. The quantitative estimate of drug-likeness (QED) is 0.715. The number of hydrogen-bond donors (Lipinski definition) is 0. The predicted octanol–water partition coefficient (Wildman–Crippen LogP) is 3.97. The molecule has 0 amide bonds. The van der Waals surface area contributed by atoms with Crippen molar-refractivity contribution in [1.82, 2.24) is 14.8 Å². The van der Waals surface area contributed by atoms with Crippen LogP contribution in [0.3, 0.4) is 0 Å². The van der Waals surface area contributed by atoms with Crippen molar-refractivity contribution in [3.63, 3.8) is 0 Å². The van der Waals surface area contributed by atoms with Crippen LogP contribution in [0, 0.1) is 0 Å². The Morgan fingerprint density at radius 2 is 2.11 bits per heavy atom. The van der Waals surface area contributed by atoms with Gasteiger partial charge in [0.15, 0.2) is 11.6 Å². The van der Waals surface area contributed by atoms with Crippen molar-refractivity contribution >= 4 is 27.3 Å². The molecule has 90 valence electrons. The summed E-state index contributed by atoms with van der Waals surface area (Å²) in [5.41, 5.74) is 1.06. The summed E-state index contributed by atoms with van der Waals surface area (Å²) in [7, 11) is 1.92. The summed E-state index contributed by atoms with van der Waals surface area (Å²) in [5.74, 6) is 1.65. The minimum Gasteiger partial charge on any atom is -0.248 e. The molecule has 0 aliphatic heterocycles. The first-order valence-electron chi connectivity index (χ1n) is 5.45. The fourth-order valence-corrected chi connectivity index (χ4v) is 2.83. The van der Waals surface area contributed by atoms with E-state index in [1.807, 2.05) is 53.5 Å². The van der Waals surface area contributed by atoms with Crippen molar-refractivity contribution in [2.75, 3.05) is 0 Å². The molecule has 0 aliphatic rings. The zero-order valence-corrected chi connectivity index (χ0v) is 12.1. The van der Waals surface area contributed by atoms with E-state index >= 15 is 0 Å². The zero-order valence-electron chi connectivity index (χ0n) is 9.67. The first-order valence-corrected chi connectivity index (χ1v) is 7.12. The maximum Gasteiger partial charge on any atom is 0.191 e. The Morgan fingerprint density at radius 3 is 2.83 bits per heavy atom. The Labute approximate surface area is 117 Å². The Morgan fingerprint density at radius 1 is 1.22 bits per heavy atom. The van der Waals surface area contributed by atoms with Gasteiger partial charge in [0.2, 0.25) is 0 Å². The molecule has 0 N–H and O–H groups in total. The van der Waals surface area contributed by atoms with Crippen LogP contribution in [0.4, 0.5) is 0 Å². The molecule has 0 saturated carbocycles. The van der Waals surface area contributed by atoms with Crippen molar-refractivity contribution in [1.29, 1.82) is 0 Å². The van der Waals surface area contributed by atoms with Gasteiger partial charge in [0.1, 0.15) is 0 Å². The van der Waals surface area contributed by atoms with E-state index < -0.39 is 0 Å². The van der Waals surface area contributed by atoms with Crippen LogP contribution in [0.25, 0.3) is 22.1 Å². The molecule has 2 heterocycles. The smallest absolute Gasteiger partial charge is 0.191 e. The van der Waals surface area contributed by atoms with Crippen LogP contribution in [-0.4, -0.2) is 14.8 Å². The van der Waals surface area contributed by atoms with Gasteiger partial charge in [-0.05, 0) is 23.6 Å². The van der Waals surface area contributed by atoms with Crippen LogP contribution < -0.4 is 0 Å². The fourth-order valence-electron chi connectivity index (χ4n) is 1.77. The van der Waals surface area contributed by atoms with E-state index in [0.717, 1.165) is 26.6 Å². The van der Waals surface area contributed by atoms with Crippen LogP contribution in [0.15, 0.2) is 46.3 Å². The lowest BCUT2D eigenvalue weighted by molar-refractivity contribution is 0.777. The molecular formula is C13H10BrN3S. The van der Waals surface area contributed by atoms with Gasteiger partial charge in [0, 0.05) is 17.1 Å². The normalized spacial score (nSPS) is 10.8. The largest absolute Gasteiger partial charge is 0.248 e. The number of thiophene rings is 1. The number of nitrogens with zero attached hydrogens (tertiary/aromatic N) is 3. The van der Waals surface area contributed by atoms with E-state index in [2.05, 4.69) is 26.0 Å². The second kappa shape index (κ2) is 4.66. The summed E-state index contributed by atoms with van der Waals surface area (Å²) in [6, 6.07) is 12.1. The molecule has 3 rings (SSSR count). The molecule has 0 atom stereocenters. The van der Waals surface area contributed by atoms with Crippen LogP contribution in [0.1, 0.15) is 0 Å². The molecule has 5 heteroatoms. The van der Waals surface area contributed by atoms with Gasteiger partial charge in [-0.3, -0.25) is 0 Å². The standard InChI is InChI=1S/C13H10BrN3S/c1-17-13(9-4-2-5-10(14)8-9)15-12(16-17)11-6-3-7-18-11/h2-8H,1H3. The summed E-state index contributed by atoms with van der Waals surface area (Å²) >= 11 is 5.12. The van der Waals surface area contributed by atoms with Gasteiger partial charge < -0.3 is 0 Å². The van der Waals surface area contributed by atoms with Gasteiger partial charge in [0.05, 0.1) is 4.88 Å². The Kier molecular flexibility index (Phi) is 3.01. The summed E-state index contributed by atoms with van der Waals surface area (Å²) in [6.07, 6.45) is 0. The number of hydrogen-bond acceptors (Lipinski definition) is 3. The highest BCUT2D eigenvalue weighted by atomic mass is 79.9. The molecule has 0 bridgehead atoms. The van der Waals surface area contributed by atoms with Gasteiger partial charge in [0.25, 0.3) is 0 Å². The Bertz CT molecular complexity index is 673. The number of aromatic nitrogens is 3. The maximum atomic E-state index is 4.61. The van der Waals surface area contributed by atoms with Gasteiger partial charge >= 0.3 is 0 Å². The van der Waals surface area contributed by atoms with E-state index in [9.17, 15) is 0 Å². The highest BCUT2D eigenvalue weighted by Gasteiger charge is 2.11. The monoisotopic (exact) mass is 319 g/mol. The highest BCUT2D eigenvalue weighted by molar-refractivity contribution is 9.10. The van der Waals surface area contributed by atoms with Crippen molar-refractivity contribution in [2.45, 2.75) is 0 Å². The first kappa shape index (κ1) is 11.6. The Balaban J connectivity index is 2.09. The number of rotatable bonds is 2. The van der Waals surface area contributed by atoms with Gasteiger partial charge in [-0.25, -0.2) is 9.67 Å². The van der Waals surface area contributed by atoms with Crippen LogP contribution in [0.2, 0.25) is 0 Å². The number of benzene rings is 1. The van der Waals surface area contributed by atoms with Crippen LogP contribution in [-0.2, 0) is 7.05 Å². The molecule has 18 heavy (non-hydrogen) atoms. The van der Waals surface area contributed by atoms with E-state index in [1.54, 1.807) is 11.3 Å². The number of aryl methyl sites for hydroxylation is 1. The summed E-state index contributed by atoms with van der Waals surface area (Å²) < 4.78 is 2.86.